The molecule has 20 heavy (non-hydrogen) atoms. The Bertz CT molecular complexity index is 766. The van der Waals surface area contributed by atoms with Crippen LogP contribution in [0.25, 0.3) is 0 Å². The molecule has 0 fully saturated rings. The summed E-state index contributed by atoms with van der Waals surface area (Å²) in [6.07, 6.45) is 1.53. The monoisotopic (exact) mass is 296 g/mol. The Balaban J connectivity index is 2.49. The van der Waals surface area contributed by atoms with Crippen molar-refractivity contribution in [1.82, 2.24) is 15.2 Å². The third kappa shape index (κ3) is 2.48. The maximum Gasteiger partial charge on any atom is 0.357 e. The number of H-pyrrole nitrogens is 1. The zero-order valence-corrected chi connectivity index (χ0v) is 11.5. The molecule has 0 saturated carbocycles. The van der Waals surface area contributed by atoms with Gasteiger partial charge in [-0.15, -0.1) is 0 Å². The summed E-state index contributed by atoms with van der Waals surface area (Å²) in [5, 5.41) is 14.8. The van der Waals surface area contributed by atoms with Gasteiger partial charge in [0.2, 0.25) is 0 Å². The molecule has 0 aliphatic rings. The summed E-state index contributed by atoms with van der Waals surface area (Å²) < 4.78 is 26.9. The van der Waals surface area contributed by atoms with E-state index in [1.807, 2.05) is 0 Å². The second kappa shape index (κ2) is 4.93. The molecular weight excluding hydrogens is 284 g/mol. The summed E-state index contributed by atoms with van der Waals surface area (Å²) in [4.78, 5) is 14.6. The standard InChI is InChI=1S/C11H12N4O4S/c1-6-8(4-3-5-12-6)15-20(18,19)10-7(2)13-14-9(10)11(16)17/h3-5,15H,1-2H3,(H,13,14)(H,16,17). The Kier molecular flexibility index (Phi) is 3.45. The van der Waals surface area contributed by atoms with Gasteiger partial charge in [0.25, 0.3) is 10.0 Å². The number of aryl methyl sites for hydroxylation is 2. The van der Waals surface area contributed by atoms with Gasteiger partial charge in [-0.3, -0.25) is 14.8 Å². The number of nitrogens with zero attached hydrogens (tertiary/aromatic N) is 2. The van der Waals surface area contributed by atoms with Crippen molar-refractivity contribution in [2.24, 2.45) is 0 Å². The number of carboxylic acid groups (broad SMARTS) is 1. The van der Waals surface area contributed by atoms with Gasteiger partial charge in [-0.25, -0.2) is 13.2 Å². The average Bonchev–Trinajstić information content (AvgIpc) is 2.75. The summed E-state index contributed by atoms with van der Waals surface area (Å²) in [7, 11) is -4.06. The molecule has 0 unspecified atom stereocenters. The first-order valence-corrected chi connectivity index (χ1v) is 7.04. The molecule has 3 N–H and O–H groups in total. The predicted molar refractivity (Wildman–Crippen MR) is 70.1 cm³/mol. The van der Waals surface area contributed by atoms with Crippen LogP contribution in [0.4, 0.5) is 5.69 Å². The fourth-order valence-electron chi connectivity index (χ4n) is 1.68. The molecule has 0 aliphatic heterocycles. The third-order valence-corrected chi connectivity index (χ3v) is 4.14. The van der Waals surface area contributed by atoms with Gasteiger partial charge < -0.3 is 5.11 Å². The van der Waals surface area contributed by atoms with E-state index in [4.69, 9.17) is 5.11 Å². The van der Waals surface area contributed by atoms with Crippen molar-refractivity contribution in [2.75, 3.05) is 4.72 Å². The molecule has 0 amide bonds. The molecule has 0 atom stereocenters. The van der Waals surface area contributed by atoms with Crippen molar-refractivity contribution < 1.29 is 18.3 Å². The number of carboxylic acids is 1. The Morgan fingerprint density at radius 3 is 2.70 bits per heavy atom. The fourth-order valence-corrected chi connectivity index (χ4v) is 3.12. The van der Waals surface area contributed by atoms with Gasteiger partial charge in [0.15, 0.2) is 5.69 Å². The maximum atomic E-state index is 12.3. The highest BCUT2D eigenvalue weighted by atomic mass is 32.2. The Morgan fingerprint density at radius 2 is 2.10 bits per heavy atom. The SMILES string of the molecule is Cc1ncccc1NS(=O)(=O)c1c(C(=O)O)n[nH]c1C. The molecule has 0 aromatic carbocycles. The van der Waals surface area contributed by atoms with E-state index in [0.717, 1.165) is 0 Å². The first kappa shape index (κ1) is 14.0. The Labute approximate surface area is 114 Å². The number of pyridine rings is 1. The van der Waals surface area contributed by atoms with Crippen molar-refractivity contribution in [3.63, 3.8) is 0 Å². The lowest BCUT2D eigenvalue weighted by molar-refractivity contribution is 0.0686. The number of carbonyl (C=O) groups is 1. The van der Waals surface area contributed by atoms with E-state index in [9.17, 15) is 13.2 Å². The smallest absolute Gasteiger partial charge is 0.357 e. The normalized spacial score (nSPS) is 11.3. The van der Waals surface area contributed by atoms with Crippen LogP contribution in [0.5, 0.6) is 0 Å². The van der Waals surface area contributed by atoms with Crippen LogP contribution in [0.3, 0.4) is 0 Å². The van der Waals surface area contributed by atoms with Gasteiger partial charge in [0.05, 0.1) is 17.1 Å². The van der Waals surface area contributed by atoms with Crippen LogP contribution >= 0.6 is 0 Å². The lowest BCUT2D eigenvalue weighted by atomic mass is 10.3. The van der Waals surface area contributed by atoms with Crippen molar-refractivity contribution in [1.29, 1.82) is 0 Å². The quantitative estimate of drug-likeness (QED) is 0.770. The molecule has 0 aliphatic carbocycles. The molecule has 0 bridgehead atoms. The topological polar surface area (TPSA) is 125 Å². The first-order valence-electron chi connectivity index (χ1n) is 5.55. The zero-order chi connectivity index (χ0) is 14.9. The third-order valence-electron chi connectivity index (χ3n) is 2.61. The minimum absolute atomic E-state index is 0.149. The summed E-state index contributed by atoms with van der Waals surface area (Å²) in [6, 6.07) is 3.11. The molecule has 0 spiro atoms. The summed E-state index contributed by atoms with van der Waals surface area (Å²) >= 11 is 0. The fraction of sp³-hybridized carbons (Fsp3) is 0.182. The number of aromatic carboxylic acids is 1. The lowest BCUT2D eigenvalue weighted by Gasteiger charge is -2.09. The molecule has 2 rings (SSSR count). The van der Waals surface area contributed by atoms with Gasteiger partial charge >= 0.3 is 5.97 Å². The number of sulfonamides is 1. The van der Waals surface area contributed by atoms with Crippen molar-refractivity contribution in [3.05, 3.63) is 35.4 Å². The number of aromatic nitrogens is 3. The van der Waals surface area contributed by atoms with Gasteiger partial charge in [-0.05, 0) is 26.0 Å². The molecule has 2 aromatic rings. The molecule has 9 heteroatoms. The van der Waals surface area contributed by atoms with Crippen molar-refractivity contribution >= 4 is 21.7 Å². The van der Waals surface area contributed by atoms with Crippen molar-refractivity contribution in [2.45, 2.75) is 18.7 Å². The van der Waals surface area contributed by atoms with E-state index in [1.54, 1.807) is 13.0 Å². The number of aromatic amines is 1. The van der Waals surface area contributed by atoms with Gasteiger partial charge in [0.1, 0.15) is 4.90 Å². The molecular formula is C11H12N4O4S. The Morgan fingerprint density at radius 1 is 1.40 bits per heavy atom. The molecule has 0 radical (unpaired) electrons. The van der Waals surface area contributed by atoms with Crippen LogP contribution in [-0.2, 0) is 10.0 Å². The molecule has 0 saturated heterocycles. The van der Waals surface area contributed by atoms with Crippen LogP contribution in [0.1, 0.15) is 21.9 Å². The zero-order valence-electron chi connectivity index (χ0n) is 10.7. The highest BCUT2D eigenvalue weighted by Gasteiger charge is 2.28. The second-order valence-electron chi connectivity index (χ2n) is 4.07. The number of nitrogens with one attached hydrogen (secondary N) is 2. The minimum atomic E-state index is -4.06. The van der Waals surface area contributed by atoms with Gasteiger partial charge in [-0.2, -0.15) is 5.10 Å². The summed E-state index contributed by atoms with van der Waals surface area (Å²) in [5.74, 6) is -1.42. The second-order valence-corrected chi connectivity index (χ2v) is 5.69. The van der Waals surface area contributed by atoms with E-state index in [2.05, 4.69) is 19.9 Å². The predicted octanol–water partition coefficient (Wildman–Crippen LogP) is 0.921. The molecule has 8 nitrogen and oxygen atoms in total. The Hall–Kier alpha value is -2.42. The van der Waals surface area contributed by atoms with Crippen LogP contribution < -0.4 is 4.72 Å². The number of hydrogen-bond donors (Lipinski definition) is 3. The highest BCUT2D eigenvalue weighted by molar-refractivity contribution is 7.92. The van der Waals surface area contributed by atoms with E-state index in [1.165, 1.54) is 19.2 Å². The number of hydrogen-bond acceptors (Lipinski definition) is 5. The average molecular weight is 296 g/mol. The van der Waals surface area contributed by atoms with Crippen LogP contribution in [0.2, 0.25) is 0 Å². The van der Waals surface area contributed by atoms with Gasteiger partial charge in [-0.1, -0.05) is 0 Å². The highest BCUT2D eigenvalue weighted by Crippen LogP contribution is 2.22. The summed E-state index contributed by atoms with van der Waals surface area (Å²) in [6.45, 7) is 3.07. The maximum absolute atomic E-state index is 12.3. The summed E-state index contributed by atoms with van der Waals surface area (Å²) in [5.41, 5.74) is 0.367. The van der Waals surface area contributed by atoms with Gasteiger partial charge in [0, 0.05) is 6.20 Å². The van der Waals surface area contributed by atoms with Crippen LogP contribution in [0, 0.1) is 13.8 Å². The number of anilines is 1. The van der Waals surface area contributed by atoms with E-state index < -0.39 is 21.7 Å². The van der Waals surface area contributed by atoms with E-state index in [0.29, 0.717) is 5.69 Å². The molecule has 2 heterocycles. The largest absolute Gasteiger partial charge is 0.476 e. The van der Waals surface area contributed by atoms with Crippen LogP contribution in [0.15, 0.2) is 23.2 Å². The molecule has 2 aromatic heterocycles. The minimum Gasteiger partial charge on any atom is -0.476 e. The van der Waals surface area contributed by atoms with E-state index >= 15 is 0 Å². The van der Waals surface area contributed by atoms with Crippen molar-refractivity contribution in [3.8, 4) is 0 Å². The van der Waals surface area contributed by atoms with E-state index in [-0.39, 0.29) is 16.3 Å². The number of rotatable bonds is 4. The molecule has 106 valence electrons. The van der Waals surface area contributed by atoms with Crippen LogP contribution in [-0.4, -0.2) is 34.7 Å². The lowest BCUT2D eigenvalue weighted by Crippen LogP contribution is -2.17. The first-order chi connectivity index (χ1) is 9.33.